The average Bonchev–Trinajstić information content (AvgIpc) is 2.71. The highest BCUT2D eigenvalue weighted by Crippen LogP contribution is 2.38. The van der Waals surface area contributed by atoms with Gasteiger partial charge in [-0.05, 0) is 48.2 Å². The zero-order valence-electron chi connectivity index (χ0n) is 16.4. The SMILES string of the molecule is CSc1ccc(NC(=O)O[C@@H](c2ccc(O)cc2)C(C)(C)/C=C/C(=O)NO)cc1. The van der Waals surface area contributed by atoms with Crippen LogP contribution in [0.15, 0.2) is 65.6 Å². The molecule has 0 aliphatic carbocycles. The van der Waals surface area contributed by atoms with Gasteiger partial charge in [-0.15, -0.1) is 11.8 Å². The van der Waals surface area contributed by atoms with Gasteiger partial charge in [-0.1, -0.05) is 32.1 Å². The number of thioether (sulfide) groups is 1. The van der Waals surface area contributed by atoms with Crippen LogP contribution in [-0.2, 0) is 9.53 Å². The molecule has 0 aromatic heterocycles. The molecule has 0 heterocycles. The number of rotatable bonds is 7. The van der Waals surface area contributed by atoms with E-state index >= 15 is 0 Å². The third kappa shape index (κ3) is 6.55. The van der Waals surface area contributed by atoms with E-state index in [1.807, 2.05) is 18.4 Å². The smallest absolute Gasteiger partial charge is 0.412 e. The molecule has 1 atom stereocenters. The molecule has 2 aromatic carbocycles. The van der Waals surface area contributed by atoms with Crippen molar-refractivity contribution in [1.82, 2.24) is 5.48 Å². The van der Waals surface area contributed by atoms with Gasteiger partial charge in [0.25, 0.3) is 5.91 Å². The Morgan fingerprint density at radius 1 is 1.10 bits per heavy atom. The van der Waals surface area contributed by atoms with Crippen molar-refractivity contribution >= 4 is 29.4 Å². The Bertz CT molecular complexity index is 864. The number of phenols is 1. The van der Waals surface area contributed by atoms with Crippen molar-refractivity contribution < 1.29 is 24.6 Å². The Morgan fingerprint density at radius 3 is 2.28 bits per heavy atom. The van der Waals surface area contributed by atoms with Crippen molar-refractivity contribution in [1.29, 1.82) is 0 Å². The maximum atomic E-state index is 12.5. The Morgan fingerprint density at radius 2 is 1.72 bits per heavy atom. The molecular formula is C21H24N2O5S. The molecule has 2 rings (SSSR count). The number of carbonyl (C=O) groups excluding carboxylic acids is 2. The Balaban J connectivity index is 2.24. The molecule has 0 spiro atoms. The molecule has 2 amide bonds. The number of phenolic OH excluding ortho intramolecular Hbond substituents is 1. The number of hydrogen-bond acceptors (Lipinski definition) is 6. The number of nitrogens with one attached hydrogen (secondary N) is 2. The predicted molar refractivity (Wildman–Crippen MR) is 112 cm³/mol. The number of hydrogen-bond donors (Lipinski definition) is 4. The molecule has 0 saturated heterocycles. The van der Waals surface area contributed by atoms with Crippen LogP contribution in [0.5, 0.6) is 5.75 Å². The minimum absolute atomic E-state index is 0.0823. The van der Waals surface area contributed by atoms with Crippen molar-refractivity contribution in [3.63, 3.8) is 0 Å². The summed E-state index contributed by atoms with van der Waals surface area (Å²) < 4.78 is 5.69. The minimum atomic E-state index is -0.802. The molecule has 0 unspecified atom stereocenters. The van der Waals surface area contributed by atoms with Gasteiger partial charge < -0.3 is 9.84 Å². The molecule has 7 nitrogen and oxygen atoms in total. The Kier molecular flexibility index (Phi) is 7.69. The van der Waals surface area contributed by atoms with Crippen molar-refractivity contribution in [2.45, 2.75) is 24.8 Å². The highest BCUT2D eigenvalue weighted by atomic mass is 32.2. The van der Waals surface area contributed by atoms with Crippen molar-refractivity contribution in [3.05, 3.63) is 66.2 Å². The lowest BCUT2D eigenvalue weighted by Crippen LogP contribution is -2.28. The molecule has 8 heteroatoms. The molecule has 0 bridgehead atoms. The first-order valence-corrected chi connectivity index (χ1v) is 10.0. The summed E-state index contributed by atoms with van der Waals surface area (Å²) in [7, 11) is 0. The van der Waals surface area contributed by atoms with Gasteiger partial charge in [0.2, 0.25) is 0 Å². The van der Waals surface area contributed by atoms with Crippen LogP contribution in [0.2, 0.25) is 0 Å². The molecule has 0 aliphatic rings. The number of benzene rings is 2. The number of carbonyl (C=O) groups is 2. The van der Waals surface area contributed by atoms with Gasteiger partial charge in [0.05, 0.1) is 0 Å². The fourth-order valence-corrected chi connectivity index (χ4v) is 3.05. The quantitative estimate of drug-likeness (QED) is 0.229. The second-order valence-corrected chi connectivity index (χ2v) is 7.74. The fraction of sp³-hybridized carbons (Fsp3) is 0.238. The standard InChI is InChI=1S/C21H24N2O5S/c1-21(2,13-12-18(25)23-27)19(14-4-8-16(24)9-5-14)28-20(26)22-15-6-10-17(29-3)11-7-15/h4-13,19,24,27H,1-3H3,(H,22,26)(H,23,25)/b13-12+/t19-/m0/s1. The van der Waals surface area contributed by atoms with E-state index < -0.39 is 23.5 Å². The highest BCUT2D eigenvalue weighted by molar-refractivity contribution is 7.98. The van der Waals surface area contributed by atoms with E-state index in [0.717, 1.165) is 11.0 Å². The molecular weight excluding hydrogens is 392 g/mol. The molecule has 29 heavy (non-hydrogen) atoms. The zero-order chi connectivity index (χ0) is 21.4. The summed E-state index contributed by atoms with van der Waals surface area (Å²) >= 11 is 1.60. The van der Waals surface area contributed by atoms with Crippen LogP contribution in [0.3, 0.4) is 0 Å². The normalized spacial score (nSPS) is 12.4. The van der Waals surface area contributed by atoms with Crippen LogP contribution >= 0.6 is 11.8 Å². The van der Waals surface area contributed by atoms with Crippen LogP contribution < -0.4 is 10.8 Å². The van der Waals surface area contributed by atoms with Gasteiger partial charge >= 0.3 is 6.09 Å². The van der Waals surface area contributed by atoms with E-state index in [0.29, 0.717) is 11.3 Å². The molecule has 4 N–H and O–H groups in total. The number of amides is 2. The fourth-order valence-electron chi connectivity index (χ4n) is 2.64. The first-order chi connectivity index (χ1) is 13.7. The highest BCUT2D eigenvalue weighted by Gasteiger charge is 2.32. The number of anilines is 1. The van der Waals surface area contributed by atoms with Crippen molar-refractivity contribution in [3.8, 4) is 5.75 Å². The number of aromatic hydroxyl groups is 1. The third-order valence-electron chi connectivity index (χ3n) is 4.21. The van der Waals surface area contributed by atoms with E-state index in [-0.39, 0.29) is 5.75 Å². The molecule has 0 saturated carbocycles. The van der Waals surface area contributed by atoms with Crippen LogP contribution in [0.1, 0.15) is 25.5 Å². The maximum Gasteiger partial charge on any atom is 0.412 e. The van der Waals surface area contributed by atoms with Crippen LogP contribution in [-0.4, -0.2) is 28.6 Å². The van der Waals surface area contributed by atoms with E-state index in [1.54, 1.807) is 49.9 Å². The zero-order valence-corrected chi connectivity index (χ0v) is 17.2. The Labute approximate surface area is 173 Å². The molecule has 0 fully saturated rings. The molecule has 0 aliphatic heterocycles. The largest absolute Gasteiger partial charge is 0.508 e. The summed E-state index contributed by atoms with van der Waals surface area (Å²) in [6, 6.07) is 13.6. The summed E-state index contributed by atoms with van der Waals surface area (Å²) in [5.74, 6) is -0.611. The lowest BCUT2D eigenvalue weighted by atomic mass is 9.82. The summed E-state index contributed by atoms with van der Waals surface area (Å²) in [5.41, 5.74) is 1.95. The third-order valence-corrected chi connectivity index (χ3v) is 4.95. The minimum Gasteiger partial charge on any atom is -0.508 e. The summed E-state index contributed by atoms with van der Waals surface area (Å²) in [4.78, 5) is 25.0. The van der Waals surface area contributed by atoms with Crippen LogP contribution in [0.25, 0.3) is 0 Å². The van der Waals surface area contributed by atoms with Gasteiger partial charge in [0, 0.05) is 22.1 Å². The van der Waals surface area contributed by atoms with Gasteiger partial charge in [-0.2, -0.15) is 0 Å². The van der Waals surface area contributed by atoms with Crippen molar-refractivity contribution in [2.24, 2.45) is 5.41 Å². The maximum absolute atomic E-state index is 12.5. The van der Waals surface area contributed by atoms with Crippen LogP contribution in [0, 0.1) is 5.41 Å². The van der Waals surface area contributed by atoms with E-state index in [9.17, 15) is 14.7 Å². The lowest BCUT2D eigenvalue weighted by molar-refractivity contribution is -0.124. The van der Waals surface area contributed by atoms with Crippen LogP contribution in [0.4, 0.5) is 10.5 Å². The topological polar surface area (TPSA) is 108 Å². The summed E-state index contributed by atoms with van der Waals surface area (Å²) in [6.07, 6.45) is 3.24. The van der Waals surface area contributed by atoms with Crippen molar-refractivity contribution in [2.75, 3.05) is 11.6 Å². The second kappa shape index (κ2) is 9.99. The number of hydroxylamine groups is 1. The average molecular weight is 416 g/mol. The summed E-state index contributed by atoms with van der Waals surface area (Å²) in [5, 5.41) is 20.9. The van der Waals surface area contributed by atoms with Gasteiger partial charge in [0.15, 0.2) is 0 Å². The lowest BCUT2D eigenvalue weighted by Gasteiger charge is -2.31. The first kappa shape index (κ1) is 22.3. The van der Waals surface area contributed by atoms with Gasteiger partial charge in [-0.3, -0.25) is 15.3 Å². The molecule has 2 aromatic rings. The van der Waals surface area contributed by atoms with E-state index in [1.165, 1.54) is 23.7 Å². The molecule has 0 radical (unpaired) electrons. The van der Waals surface area contributed by atoms with Gasteiger partial charge in [0.1, 0.15) is 11.9 Å². The molecule has 154 valence electrons. The predicted octanol–water partition coefficient (Wildman–Crippen LogP) is 4.49. The van der Waals surface area contributed by atoms with E-state index in [4.69, 9.17) is 9.94 Å². The number of ether oxygens (including phenoxy) is 1. The second-order valence-electron chi connectivity index (χ2n) is 6.86. The summed E-state index contributed by atoms with van der Waals surface area (Å²) in [6.45, 7) is 3.57. The monoisotopic (exact) mass is 416 g/mol. The van der Waals surface area contributed by atoms with E-state index in [2.05, 4.69) is 5.32 Å². The van der Waals surface area contributed by atoms with Gasteiger partial charge in [-0.25, -0.2) is 10.3 Å². The Hall–Kier alpha value is -2.97. The first-order valence-electron chi connectivity index (χ1n) is 8.79.